The van der Waals surface area contributed by atoms with Crippen molar-refractivity contribution in [1.82, 2.24) is 21.3 Å². The first-order valence-electron chi connectivity index (χ1n) is 16.3. The van der Waals surface area contributed by atoms with E-state index >= 15 is 0 Å². The van der Waals surface area contributed by atoms with Crippen LogP contribution in [0.5, 0.6) is 0 Å². The van der Waals surface area contributed by atoms with Crippen molar-refractivity contribution in [3.05, 3.63) is 0 Å². The Bertz CT molecular complexity index is 524. The smallest absolute Gasteiger partial charge is 0.0116 e. The second-order valence-electron chi connectivity index (χ2n) is 16.9. The molecule has 4 N–H and O–H groups in total. The third-order valence-corrected chi connectivity index (χ3v) is 9.48. The van der Waals surface area contributed by atoms with Gasteiger partial charge in [-0.2, -0.15) is 0 Å². The number of nitrogens with one attached hydrogen (secondary N) is 4. The maximum atomic E-state index is 3.50. The van der Waals surface area contributed by atoms with Gasteiger partial charge in [-0.05, 0) is 130 Å². The molecule has 4 fully saturated rings. The molecule has 0 aromatic heterocycles. The van der Waals surface area contributed by atoms with Gasteiger partial charge in [-0.25, -0.2) is 0 Å². The molecule has 228 valence electrons. The van der Waals surface area contributed by atoms with E-state index in [1.54, 1.807) is 0 Å². The maximum absolute atomic E-state index is 3.50. The predicted octanol–water partition coefficient (Wildman–Crippen LogP) is 7.49. The molecule has 0 aliphatic carbocycles. The molecular weight excluding hydrogens is 464 g/mol. The van der Waals surface area contributed by atoms with Crippen LogP contribution in [0.1, 0.15) is 128 Å². The Balaban J connectivity index is 0.000000254. The zero-order valence-electron chi connectivity index (χ0n) is 28.2. The van der Waals surface area contributed by atoms with E-state index in [0.717, 1.165) is 23.8 Å². The van der Waals surface area contributed by atoms with Gasteiger partial charge in [0.15, 0.2) is 0 Å². The van der Waals surface area contributed by atoms with E-state index in [2.05, 4.69) is 104 Å². The molecule has 4 aliphatic rings. The van der Waals surface area contributed by atoms with Crippen molar-refractivity contribution in [1.29, 1.82) is 0 Å². The van der Waals surface area contributed by atoms with Gasteiger partial charge in [0.1, 0.15) is 0 Å². The van der Waals surface area contributed by atoms with E-state index in [0.29, 0.717) is 21.7 Å². The Morgan fingerprint density at radius 3 is 1.08 bits per heavy atom. The van der Waals surface area contributed by atoms with Crippen LogP contribution in [0.4, 0.5) is 0 Å². The summed E-state index contributed by atoms with van der Waals surface area (Å²) in [5, 5.41) is 13.7. The average molecular weight is 537 g/mol. The Labute approximate surface area is 240 Å². The Morgan fingerprint density at radius 2 is 0.816 bits per heavy atom. The minimum atomic E-state index is 0.469. The summed E-state index contributed by atoms with van der Waals surface area (Å²) in [6.45, 7) is 36.5. The molecule has 4 nitrogen and oxygen atoms in total. The van der Waals surface area contributed by atoms with E-state index in [1.807, 2.05) is 0 Å². The van der Waals surface area contributed by atoms with Gasteiger partial charge < -0.3 is 21.3 Å². The van der Waals surface area contributed by atoms with Gasteiger partial charge in [0.25, 0.3) is 0 Å². The van der Waals surface area contributed by atoms with Gasteiger partial charge >= 0.3 is 0 Å². The van der Waals surface area contributed by atoms with E-state index < -0.39 is 0 Å². The zero-order valence-corrected chi connectivity index (χ0v) is 28.2. The van der Waals surface area contributed by atoms with Crippen LogP contribution in [0.3, 0.4) is 0 Å². The van der Waals surface area contributed by atoms with E-state index in [4.69, 9.17) is 0 Å². The fraction of sp³-hybridized carbons (Fsp3) is 1.00. The summed E-state index contributed by atoms with van der Waals surface area (Å²) in [4.78, 5) is 0. The van der Waals surface area contributed by atoms with Crippen LogP contribution in [-0.2, 0) is 0 Å². The van der Waals surface area contributed by atoms with E-state index in [-0.39, 0.29) is 0 Å². The highest BCUT2D eigenvalue weighted by Gasteiger charge is 2.28. The van der Waals surface area contributed by atoms with Crippen molar-refractivity contribution in [2.75, 3.05) is 45.8 Å². The monoisotopic (exact) mass is 537 g/mol. The van der Waals surface area contributed by atoms with E-state index in [9.17, 15) is 0 Å². The molecule has 0 aromatic carbocycles. The van der Waals surface area contributed by atoms with Crippen LogP contribution in [0.2, 0.25) is 0 Å². The summed E-state index contributed by atoms with van der Waals surface area (Å²) in [7, 11) is 0. The van der Waals surface area contributed by atoms with Crippen LogP contribution in [0.15, 0.2) is 0 Å². The Kier molecular flexibility index (Phi) is 15.4. The summed E-state index contributed by atoms with van der Waals surface area (Å²) >= 11 is 0. The first-order chi connectivity index (χ1) is 17.4. The highest BCUT2D eigenvalue weighted by atomic mass is 15.0. The second-order valence-corrected chi connectivity index (χ2v) is 16.9. The number of piperidine rings is 2. The van der Waals surface area contributed by atoms with E-state index in [1.165, 1.54) is 90.8 Å². The molecule has 0 saturated carbocycles. The van der Waals surface area contributed by atoms with Gasteiger partial charge in [-0.15, -0.1) is 0 Å². The number of hydrogen-bond acceptors (Lipinski definition) is 4. The molecule has 38 heavy (non-hydrogen) atoms. The standard InChI is InChI=1S/2C9H19N.2C8H17N/c1-9(2,3)8-4-6-10-7-5-8;1-9(2,3)8-5-4-6-10-7-8;1-8(2,3)7-4-5-9-6-7;1-8(2,3)7-5-4-6-9-7/h2*8,10H,4-7H2,1-3H3;2*7,9H,4-6H2,1-3H3. The molecule has 0 radical (unpaired) electrons. The lowest BCUT2D eigenvalue weighted by molar-refractivity contribution is 0.188. The van der Waals surface area contributed by atoms with Crippen LogP contribution in [0.25, 0.3) is 0 Å². The fourth-order valence-electron chi connectivity index (χ4n) is 6.10. The number of hydrogen-bond donors (Lipinski definition) is 4. The molecule has 3 unspecified atom stereocenters. The van der Waals surface area contributed by atoms with Crippen LogP contribution >= 0.6 is 0 Å². The van der Waals surface area contributed by atoms with Gasteiger partial charge in [0.05, 0.1) is 0 Å². The molecule has 3 atom stereocenters. The highest BCUT2D eigenvalue weighted by molar-refractivity contribution is 4.85. The summed E-state index contributed by atoms with van der Waals surface area (Å²) in [5.74, 6) is 2.73. The normalized spacial score (nSPS) is 27.3. The van der Waals surface area contributed by atoms with Gasteiger partial charge in [0.2, 0.25) is 0 Å². The second kappa shape index (κ2) is 16.3. The lowest BCUT2D eigenvalue weighted by Gasteiger charge is -2.34. The molecule has 4 rings (SSSR count). The Hall–Kier alpha value is -0.160. The zero-order chi connectivity index (χ0) is 29.0. The highest BCUT2D eigenvalue weighted by Crippen LogP contribution is 2.32. The number of rotatable bonds is 0. The van der Waals surface area contributed by atoms with Crippen LogP contribution in [0, 0.1) is 39.4 Å². The molecule has 0 bridgehead atoms. The van der Waals surface area contributed by atoms with Crippen LogP contribution in [-0.4, -0.2) is 51.9 Å². The summed E-state index contributed by atoms with van der Waals surface area (Å²) in [6.07, 6.45) is 9.60. The summed E-state index contributed by atoms with van der Waals surface area (Å²) < 4.78 is 0. The molecule has 4 heterocycles. The quantitative estimate of drug-likeness (QED) is 0.259. The molecule has 0 amide bonds. The van der Waals surface area contributed by atoms with Gasteiger partial charge in [-0.3, -0.25) is 0 Å². The molecule has 4 aliphatic heterocycles. The van der Waals surface area contributed by atoms with Crippen molar-refractivity contribution >= 4 is 0 Å². The third-order valence-electron chi connectivity index (χ3n) is 9.48. The van der Waals surface area contributed by atoms with Crippen molar-refractivity contribution < 1.29 is 0 Å². The molecule has 0 aromatic rings. The summed E-state index contributed by atoms with van der Waals surface area (Å²) in [6, 6.07) is 0.762. The maximum Gasteiger partial charge on any atom is 0.0116 e. The van der Waals surface area contributed by atoms with Crippen LogP contribution < -0.4 is 21.3 Å². The third kappa shape index (κ3) is 15.0. The Morgan fingerprint density at radius 1 is 0.395 bits per heavy atom. The topological polar surface area (TPSA) is 48.1 Å². The first kappa shape index (κ1) is 35.9. The minimum absolute atomic E-state index is 0.469. The largest absolute Gasteiger partial charge is 0.317 e. The molecular formula is C34H72N4. The average Bonchev–Trinajstić information content (AvgIpc) is 3.55. The fourth-order valence-corrected chi connectivity index (χ4v) is 6.10. The molecule has 0 spiro atoms. The predicted molar refractivity (Wildman–Crippen MR) is 171 cm³/mol. The lowest BCUT2D eigenvalue weighted by Crippen LogP contribution is -2.36. The molecule has 4 saturated heterocycles. The van der Waals surface area contributed by atoms with Crippen molar-refractivity contribution in [2.24, 2.45) is 39.4 Å². The first-order valence-corrected chi connectivity index (χ1v) is 16.3. The van der Waals surface area contributed by atoms with Crippen molar-refractivity contribution in [3.63, 3.8) is 0 Å². The van der Waals surface area contributed by atoms with Gasteiger partial charge in [0, 0.05) is 6.04 Å². The summed E-state index contributed by atoms with van der Waals surface area (Å²) in [5.41, 5.74) is 2.02. The SMILES string of the molecule is CC(C)(C)C1CCCN1.CC(C)(C)C1CCCNC1.CC(C)(C)C1CCNC1.CC(C)(C)C1CCNCC1. The molecule has 4 heteroatoms. The van der Waals surface area contributed by atoms with Crippen molar-refractivity contribution in [2.45, 2.75) is 134 Å². The minimum Gasteiger partial charge on any atom is -0.317 e. The lowest BCUT2D eigenvalue weighted by atomic mass is 9.76. The van der Waals surface area contributed by atoms with Crippen molar-refractivity contribution in [3.8, 4) is 0 Å². The van der Waals surface area contributed by atoms with Gasteiger partial charge in [-0.1, -0.05) is 83.1 Å².